The Morgan fingerprint density at radius 3 is 2.46 bits per heavy atom. The van der Waals surface area contributed by atoms with Crippen LogP contribution in [0.1, 0.15) is 21.5 Å². The minimum absolute atomic E-state index is 0.144. The van der Waals surface area contributed by atoms with E-state index < -0.39 is 11.9 Å². The fraction of sp³-hybridized carbons (Fsp3) is 0.0690. The third kappa shape index (κ3) is 5.09. The van der Waals surface area contributed by atoms with E-state index in [0.29, 0.717) is 21.9 Å². The molecule has 6 nitrogen and oxygen atoms in total. The van der Waals surface area contributed by atoms with E-state index in [-0.39, 0.29) is 22.4 Å². The molecule has 0 aliphatic carbocycles. The number of hydrogen-bond acceptors (Lipinski definition) is 6. The first-order valence-corrected chi connectivity index (χ1v) is 12.5. The zero-order chi connectivity index (χ0) is 25.9. The average molecular weight is 530 g/mol. The van der Waals surface area contributed by atoms with E-state index in [9.17, 15) is 14.4 Å². The maximum Gasteiger partial charge on any atom is 0.343 e. The van der Waals surface area contributed by atoms with Crippen molar-refractivity contribution in [3.63, 3.8) is 0 Å². The fourth-order valence-corrected chi connectivity index (χ4v) is 4.99. The van der Waals surface area contributed by atoms with Crippen molar-refractivity contribution in [2.45, 2.75) is 6.54 Å². The molecule has 5 rings (SSSR count). The van der Waals surface area contributed by atoms with Gasteiger partial charge in [-0.3, -0.25) is 14.5 Å². The molecule has 8 heteroatoms. The van der Waals surface area contributed by atoms with Crippen LogP contribution in [0, 0.1) is 0 Å². The molecule has 1 heterocycles. The average Bonchev–Trinajstić information content (AvgIpc) is 3.17. The number of methoxy groups -OCH3 is 1. The topological polar surface area (TPSA) is 72.9 Å². The van der Waals surface area contributed by atoms with E-state index in [1.54, 1.807) is 48.5 Å². The minimum Gasteiger partial charge on any atom is -0.493 e. The maximum atomic E-state index is 13.3. The number of fused-ring (bicyclic) bond motifs is 1. The van der Waals surface area contributed by atoms with Crippen molar-refractivity contribution in [3.8, 4) is 11.5 Å². The minimum atomic E-state index is -0.611. The molecular weight excluding hydrogens is 510 g/mol. The molecule has 0 spiro atoms. The molecule has 0 saturated carbocycles. The van der Waals surface area contributed by atoms with E-state index in [2.05, 4.69) is 0 Å². The van der Waals surface area contributed by atoms with Crippen molar-refractivity contribution in [2.75, 3.05) is 7.11 Å². The first-order valence-electron chi connectivity index (χ1n) is 11.3. The van der Waals surface area contributed by atoms with Gasteiger partial charge in [0, 0.05) is 10.6 Å². The first-order chi connectivity index (χ1) is 17.9. The number of ether oxygens (including phenoxy) is 2. The van der Waals surface area contributed by atoms with Gasteiger partial charge in [0.15, 0.2) is 11.5 Å². The number of hydrogen-bond donors (Lipinski definition) is 0. The fourth-order valence-electron chi connectivity index (χ4n) is 4.03. The van der Waals surface area contributed by atoms with Crippen molar-refractivity contribution in [1.82, 2.24) is 4.90 Å². The Balaban J connectivity index is 1.44. The second-order valence-electron chi connectivity index (χ2n) is 8.18. The SMILES string of the molecule is COc1cccc(/C=C2\SC(=O)N(Cc3cccc4ccccc34)C2=O)c1OC(=O)c1ccc(Cl)cc1. The Morgan fingerprint density at radius 2 is 1.68 bits per heavy atom. The highest BCUT2D eigenvalue weighted by atomic mass is 35.5. The number of halogens is 1. The molecule has 0 bridgehead atoms. The predicted octanol–water partition coefficient (Wildman–Crippen LogP) is 6.96. The van der Waals surface area contributed by atoms with Crippen molar-refractivity contribution < 1.29 is 23.9 Å². The van der Waals surface area contributed by atoms with E-state index in [1.807, 2.05) is 42.5 Å². The van der Waals surface area contributed by atoms with Crippen LogP contribution in [-0.4, -0.2) is 29.1 Å². The van der Waals surface area contributed by atoms with Gasteiger partial charge in [0.1, 0.15) is 0 Å². The van der Waals surface area contributed by atoms with Gasteiger partial charge in [-0.25, -0.2) is 4.79 Å². The Hall–Kier alpha value is -4.07. The molecule has 1 aliphatic rings. The van der Waals surface area contributed by atoms with Gasteiger partial charge >= 0.3 is 5.97 Å². The van der Waals surface area contributed by atoms with Crippen molar-refractivity contribution >= 4 is 57.3 Å². The third-order valence-corrected chi connectivity index (χ3v) is 7.03. The Bertz CT molecular complexity index is 1560. The number of para-hydroxylation sites is 1. The molecule has 4 aromatic rings. The largest absolute Gasteiger partial charge is 0.493 e. The molecule has 0 radical (unpaired) electrons. The molecule has 2 amide bonds. The number of carbonyl (C=O) groups excluding carboxylic acids is 3. The summed E-state index contributed by atoms with van der Waals surface area (Å²) in [7, 11) is 1.46. The lowest BCUT2D eigenvalue weighted by Crippen LogP contribution is -2.27. The molecule has 1 aliphatic heterocycles. The summed E-state index contributed by atoms with van der Waals surface area (Å²) in [6, 6.07) is 25.0. The predicted molar refractivity (Wildman–Crippen MR) is 145 cm³/mol. The van der Waals surface area contributed by atoms with Crippen LogP contribution in [0.2, 0.25) is 5.02 Å². The quantitative estimate of drug-likeness (QED) is 0.153. The molecule has 0 aromatic heterocycles. The standard InChI is InChI=1S/C29H20ClNO5S/c1-35-24-11-5-8-20(26(24)36-28(33)19-12-14-22(30)15-13-19)16-25-27(32)31(29(34)37-25)17-21-9-4-7-18-6-2-3-10-23(18)21/h2-16H,17H2,1H3/b25-16-. The second-order valence-corrected chi connectivity index (χ2v) is 9.61. The third-order valence-electron chi connectivity index (χ3n) is 5.87. The summed E-state index contributed by atoms with van der Waals surface area (Å²) < 4.78 is 11.1. The number of nitrogens with zero attached hydrogens (tertiary/aromatic N) is 1. The zero-order valence-electron chi connectivity index (χ0n) is 19.6. The summed E-state index contributed by atoms with van der Waals surface area (Å²) in [4.78, 5) is 40.3. The summed E-state index contributed by atoms with van der Waals surface area (Å²) in [6.07, 6.45) is 1.54. The first kappa shape index (κ1) is 24.6. The van der Waals surface area contributed by atoms with Crippen LogP contribution in [0.4, 0.5) is 4.79 Å². The van der Waals surface area contributed by atoms with Crippen molar-refractivity contribution in [2.24, 2.45) is 0 Å². The van der Waals surface area contributed by atoms with Gasteiger partial charge in [0.25, 0.3) is 11.1 Å². The second kappa shape index (κ2) is 10.5. The smallest absolute Gasteiger partial charge is 0.343 e. The number of carbonyl (C=O) groups is 3. The highest BCUT2D eigenvalue weighted by Gasteiger charge is 2.35. The van der Waals surface area contributed by atoms with Gasteiger partial charge in [-0.15, -0.1) is 0 Å². The Kier molecular flexibility index (Phi) is 6.99. The summed E-state index contributed by atoms with van der Waals surface area (Å²) in [6.45, 7) is 0.153. The summed E-state index contributed by atoms with van der Waals surface area (Å²) in [5, 5.41) is 2.14. The van der Waals surface area contributed by atoms with Crippen molar-refractivity contribution in [3.05, 3.63) is 112 Å². The molecule has 0 unspecified atom stereocenters. The molecule has 184 valence electrons. The normalized spacial score (nSPS) is 14.4. The molecule has 0 N–H and O–H groups in total. The lowest BCUT2D eigenvalue weighted by molar-refractivity contribution is -0.123. The maximum absolute atomic E-state index is 13.3. The number of thioether (sulfide) groups is 1. The summed E-state index contributed by atoms with van der Waals surface area (Å²) in [5.74, 6) is -0.572. The van der Waals surface area contributed by atoms with Crippen LogP contribution in [-0.2, 0) is 11.3 Å². The van der Waals surface area contributed by atoms with Crippen LogP contribution in [0.25, 0.3) is 16.8 Å². The van der Waals surface area contributed by atoms with Gasteiger partial charge < -0.3 is 9.47 Å². The Morgan fingerprint density at radius 1 is 0.946 bits per heavy atom. The number of amides is 2. The monoisotopic (exact) mass is 529 g/mol. The zero-order valence-corrected chi connectivity index (χ0v) is 21.2. The number of benzene rings is 4. The van der Waals surface area contributed by atoms with Gasteiger partial charge in [-0.2, -0.15) is 0 Å². The van der Waals surface area contributed by atoms with E-state index in [1.165, 1.54) is 12.0 Å². The lowest BCUT2D eigenvalue weighted by atomic mass is 10.0. The van der Waals surface area contributed by atoms with E-state index in [4.69, 9.17) is 21.1 Å². The van der Waals surface area contributed by atoms with E-state index in [0.717, 1.165) is 28.1 Å². The van der Waals surface area contributed by atoms with Gasteiger partial charge in [-0.1, -0.05) is 66.2 Å². The lowest BCUT2D eigenvalue weighted by Gasteiger charge is -2.14. The van der Waals surface area contributed by atoms with Crippen LogP contribution in [0.15, 0.2) is 89.8 Å². The molecule has 1 fully saturated rings. The summed E-state index contributed by atoms with van der Waals surface area (Å²) in [5.41, 5.74) is 1.61. The summed E-state index contributed by atoms with van der Waals surface area (Å²) >= 11 is 6.76. The van der Waals surface area contributed by atoms with Gasteiger partial charge in [0.05, 0.1) is 24.1 Å². The van der Waals surface area contributed by atoms with Crippen LogP contribution >= 0.6 is 23.4 Å². The molecular formula is C29H20ClNO5S. The number of esters is 1. The number of imide groups is 1. The van der Waals surface area contributed by atoms with Gasteiger partial charge in [0.2, 0.25) is 0 Å². The highest BCUT2D eigenvalue weighted by molar-refractivity contribution is 8.18. The van der Waals surface area contributed by atoms with E-state index >= 15 is 0 Å². The Labute approximate surface area is 222 Å². The highest BCUT2D eigenvalue weighted by Crippen LogP contribution is 2.38. The van der Waals surface area contributed by atoms with Crippen LogP contribution in [0.5, 0.6) is 11.5 Å². The molecule has 1 saturated heterocycles. The van der Waals surface area contributed by atoms with Crippen LogP contribution < -0.4 is 9.47 Å². The van der Waals surface area contributed by atoms with Crippen LogP contribution in [0.3, 0.4) is 0 Å². The van der Waals surface area contributed by atoms with Gasteiger partial charge in [-0.05, 0) is 64.5 Å². The molecule has 0 atom stereocenters. The molecule has 37 heavy (non-hydrogen) atoms. The molecule has 4 aromatic carbocycles. The van der Waals surface area contributed by atoms with Crippen molar-refractivity contribution in [1.29, 1.82) is 0 Å². The number of rotatable bonds is 6.